The quantitative estimate of drug-likeness (QED) is 0.513. The molecule has 3 rings (SSSR count). The van der Waals surface area contributed by atoms with Gasteiger partial charge in [-0.2, -0.15) is 0 Å². The van der Waals surface area contributed by atoms with Crippen LogP contribution in [0, 0.1) is 6.92 Å². The van der Waals surface area contributed by atoms with Crippen LogP contribution in [-0.4, -0.2) is 41.2 Å². The van der Waals surface area contributed by atoms with Crippen molar-refractivity contribution in [1.29, 1.82) is 0 Å². The van der Waals surface area contributed by atoms with Gasteiger partial charge in [-0.05, 0) is 30.9 Å². The first-order valence-corrected chi connectivity index (χ1v) is 11.2. The lowest BCUT2D eigenvalue weighted by Gasteiger charge is -2.24. The number of pyridine rings is 1. The third-order valence-corrected chi connectivity index (χ3v) is 5.79. The number of carbonyl (C=O) groups excluding carboxylic acids is 1. The minimum Gasteiger partial charge on any atom is -0.387 e. The van der Waals surface area contributed by atoms with Crippen LogP contribution in [0.15, 0.2) is 71.5 Å². The monoisotopic (exact) mass is 448 g/mol. The SMILES string of the molecule is COCc1c(C(=O)N(C)C[C@H](O)c2ccccc2)c(=O)cc(C)n1CCCc1ccccc1. The summed E-state index contributed by atoms with van der Waals surface area (Å²) in [7, 11) is 3.16. The first kappa shape index (κ1) is 24.4. The number of hydrogen-bond donors (Lipinski definition) is 1. The molecule has 0 spiro atoms. The first-order chi connectivity index (χ1) is 15.9. The number of likely N-dealkylation sites (N-methyl/N-ethyl adjacent to an activating group) is 1. The van der Waals surface area contributed by atoms with E-state index in [1.165, 1.54) is 16.5 Å². The van der Waals surface area contributed by atoms with Gasteiger partial charge in [-0.25, -0.2) is 0 Å². The Kier molecular flexibility index (Phi) is 8.58. The summed E-state index contributed by atoms with van der Waals surface area (Å²) in [5.74, 6) is -0.418. The predicted octanol–water partition coefficient (Wildman–Crippen LogP) is 3.74. The summed E-state index contributed by atoms with van der Waals surface area (Å²) in [6.07, 6.45) is 0.913. The number of hydrogen-bond acceptors (Lipinski definition) is 4. The van der Waals surface area contributed by atoms with Crippen LogP contribution in [0.4, 0.5) is 0 Å². The predicted molar refractivity (Wildman–Crippen MR) is 129 cm³/mol. The minimum atomic E-state index is -0.843. The van der Waals surface area contributed by atoms with Crippen molar-refractivity contribution < 1.29 is 14.6 Å². The molecule has 0 unspecified atom stereocenters. The summed E-state index contributed by atoms with van der Waals surface area (Å²) in [6, 6.07) is 20.9. The lowest BCUT2D eigenvalue weighted by atomic mass is 10.1. The first-order valence-electron chi connectivity index (χ1n) is 11.2. The third-order valence-electron chi connectivity index (χ3n) is 5.79. The molecule has 0 aliphatic rings. The Bertz CT molecular complexity index is 1110. The van der Waals surface area contributed by atoms with Crippen LogP contribution in [0.2, 0.25) is 0 Å². The number of aliphatic hydroxyl groups excluding tert-OH is 1. The van der Waals surface area contributed by atoms with Gasteiger partial charge in [0.25, 0.3) is 5.91 Å². The van der Waals surface area contributed by atoms with Gasteiger partial charge in [-0.15, -0.1) is 0 Å². The van der Waals surface area contributed by atoms with Gasteiger partial charge >= 0.3 is 0 Å². The molecule has 1 N–H and O–H groups in total. The van der Waals surface area contributed by atoms with Crippen LogP contribution in [0.5, 0.6) is 0 Å². The molecule has 0 bridgehead atoms. The molecule has 3 aromatic rings. The average molecular weight is 449 g/mol. The van der Waals surface area contributed by atoms with Gasteiger partial charge < -0.3 is 19.3 Å². The van der Waals surface area contributed by atoms with Crippen molar-refractivity contribution in [1.82, 2.24) is 9.47 Å². The smallest absolute Gasteiger partial charge is 0.259 e. The Morgan fingerprint density at radius 1 is 1.09 bits per heavy atom. The fourth-order valence-corrected chi connectivity index (χ4v) is 4.06. The molecular formula is C27H32N2O4. The molecular weight excluding hydrogens is 416 g/mol. The second kappa shape index (κ2) is 11.6. The van der Waals surface area contributed by atoms with Crippen molar-refractivity contribution in [3.63, 3.8) is 0 Å². The maximum Gasteiger partial charge on any atom is 0.259 e. The number of aromatic nitrogens is 1. The molecule has 0 fully saturated rings. The molecule has 6 heteroatoms. The third kappa shape index (κ3) is 6.18. The molecule has 33 heavy (non-hydrogen) atoms. The van der Waals surface area contributed by atoms with Crippen molar-refractivity contribution in [3.8, 4) is 0 Å². The van der Waals surface area contributed by atoms with Crippen LogP contribution < -0.4 is 5.43 Å². The van der Waals surface area contributed by atoms with Crippen LogP contribution in [-0.2, 0) is 24.3 Å². The Morgan fingerprint density at radius 3 is 2.36 bits per heavy atom. The number of amides is 1. The normalized spacial score (nSPS) is 11.9. The zero-order valence-corrected chi connectivity index (χ0v) is 19.5. The summed E-state index contributed by atoms with van der Waals surface area (Å²) in [5.41, 5.74) is 3.10. The van der Waals surface area contributed by atoms with E-state index in [4.69, 9.17) is 4.74 Å². The number of benzene rings is 2. The summed E-state index contributed by atoms with van der Waals surface area (Å²) < 4.78 is 7.39. The van der Waals surface area contributed by atoms with Crippen LogP contribution in [0.25, 0.3) is 0 Å². The van der Waals surface area contributed by atoms with E-state index in [-0.39, 0.29) is 24.1 Å². The topological polar surface area (TPSA) is 71.8 Å². The molecule has 0 aliphatic carbocycles. The summed E-state index contributed by atoms with van der Waals surface area (Å²) >= 11 is 0. The summed E-state index contributed by atoms with van der Waals surface area (Å²) in [6.45, 7) is 2.77. The van der Waals surface area contributed by atoms with E-state index in [2.05, 4.69) is 12.1 Å². The number of aryl methyl sites for hydroxylation is 2. The average Bonchev–Trinajstić information content (AvgIpc) is 2.82. The summed E-state index contributed by atoms with van der Waals surface area (Å²) in [4.78, 5) is 27.6. The van der Waals surface area contributed by atoms with Gasteiger partial charge in [0, 0.05) is 32.5 Å². The Morgan fingerprint density at radius 2 is 1.73 bits per heavy atom. The molecule has 0 saturated heterocycles. The summed E-state index contributed by atoms with van der Waals surface area (Å²) in [5, 5.41) is 10.5. The van der Waals surface area contributed by atoms with Crippen molar-refractivity contribution in [2.24, 2.45) is 0 Å². The standard InChI is InChI=1S/C27H32N2O4/c1-20-17-24(30)26(27(32)28(2)18-25(31)22-14-8-5-9-15-22)23(19-33-3)29(20)16-10-13-21-11-6-4-7-12-21/h4-9,11-12,14-15,17,25,31H,10,13,16,18-19H2,1-3H3/t25-/m0/s1. The molecule has 0 radical (unpaired) electrons. The number of carbonyl (C=O) groups is 1. The van der Waals surface area contributed by atoms with Crippen molar-refractivity contribution >= 4 is 5.91 Å². The van der Waals surface area contributed by atoms with Crippen LogP contribution >= 0.6 is 0 Å². The maximum atomic E-state index is 13.3. The van der Waals surface area contributed by atoms with E-state index < -0.39 is 12.0 Å². The molecule has 0 aliphatic heterocycles. The van der Waals surface area contributed by atoms with E-state index in [1.54, 1.807) is 14.2 Å². The molecule has 174 valence electrons. The Hall–Kier alpha value is -3.22. The van der Waals surface area contributed by atoms with Gasteiger partial charge in [0.1, 0.15) is 5.56 Å². The number of rotatable bonds is 10. The lowest BCUT2D eigenvalue weighted by molar-refractivity contribution is 0.0673. The molecule has 1 amide bonds. The van der Waals surface area contributed by atoms with Crippen molar-refractivity contribution in [2.75, 3.05) is 20.7 Å². The molecule has 1 atom stereocenters. The molecule has 2 aromatic carbocycles. The highest BCUT2D eigenvalue weighted by atomic mass is 16.5. The molecule has 6 nitrogen and oxygen atoms in total. The minimum absolute atomic E-state index is 0.0800. The fourth-order valence-electron chi connectivity index (χ4n) is 4.06. The zero-order valence-electron chi connectivity index (χ0n) is 19.5. The highest BCUT2D eigenvalue weighted by molar-refractivity contribution is 5.95. The van der Waals surface area contributed by atoms with E-state index in [0.29, 0.717) is 12.2 Å². The number of nitrogens with zero attached hydrogens (tertiary/aromatic N) is 2. The van der Waals surface area contributed by atoms with Gasteiger partial charge in [-0.3, -0.25) is 9.59 Å². The van der Waals surface area contributed by atoms with Crippen molar-refractivity contribution in [2.45, 2.75) is 39.0 Å². The maximum absolute atomic E-state index is 13.3. The second-order valence-corrected chi connectivity index (χ2v) is 8.26. The zero-order chi connectivity index (χ0) is 23.8. The van der Waals surface area contributed by atoms with Crippen molar-refractivity contribution in [3.05, 3.63) is 105 Å². The van der Waals surface area contributed by atoms with Crippen LogP contribution in [0.3, 0.4) is 0 Å². The number of methoxy groups -OCH3 is 1. The Labute approximate surface area is 195 Å². The van der Waals surface area contributed by atoms with Gasteiger partial charge in [0.2, 0.25) is 0 Å². The van der Waals surface area contributed by atoms with E-state index in [0.717, 1.165) is 24.1 Å². The van der Waals surface area contributed by atoms with Gasteiger partial charge in [-0.1, -0.05) is 60.7 Å². The highest BCUT2D eigenvalue weighted by Gasteiger charge is 2.24. The molecule has 0 saturated carbocycles. The van der Waals surface area contributed by atoms with E-state index in [9.17, 15) is 14.7 Å². The fraction of sp³-hybridized carbons (Fsp3) is 0.333. The van der Waals surface area contributed by atoms with Gasteiger partial charge in [0.15, 0.2) is 5.43 Å². The molecule has 1 heterocycles. The second-order valence-electron chi connectivity index (χ2n) is 8.26. The van der Waals surface area contributed by atoms with Crippen LogP contribution in [0.1, 0.15) is 45.4 Å². The lowest BCUT2D eigenvalue weighted by Crippen LogP contribution is -2.36. The number of aliphatic hydroxyl groups is 1. The van der Waals surface area contributed by atoms with Gasteiger partial charge in [0.05, 0.1) is 24.9 Å². The molecule has 1 aromatic heterocycles. The highest BCUT2D eigenvalue weighted by Crippen LogP contribution is 2.17. The number of ether oxygens (including phenoxy) is 1. The van der Waals surface area contributed by atoms with E-state index in [1.807, 2.05) is 60.0 Å². The van der Waals surface area contributed by atoms with E-state index >= 15 is 0 Å². The Balaban J connectivity index is 1.84. The largest absolute Gasteiger partial charge is 0.387 e.